The number of hydrogen-bond donors (Lipinski definition) is 0. The topological polar surface area (TPSA) is 62.7 Å². The van der Waals surface area contributed by atoms with Crippen LogP contribution < -0.4 is 5.06 Å². The first-order chi connectivity index (χ1) is 16.6. The number of nitrogens with zero attached hydrogens (tertiary/aromatic N) is 3. The van der Waals surface area contributed by atoms with Gasteiger partial charge in [-0.15, -0.1) is 0 Å². The summed E-state index contributed by atoms with van der Waals surface area (Å²) >= 11 is 6.67. The highest BCUT2D eigenvalue weighted by molar-refractivity contribution is 6.30. The molecule has 3 heterocycles. The summed E-state index contributed by atoms with van der Waals surface area (Å²) in [4.78, 5) is 39.1. The predicted octanol–water partition coefficient (Wildman–Crippen LogP) is 4.93. The highest BCUT2D eigenvalue weighted by atomic mass is 35.5. The third kappa shape index (κ3) is 3.34. The molecule has 6 nitrogen and oxygen atoms in total. The van der Waals surface area contributed by atoms with Crippen LogP contribution in [-0.2, 0) is 21.0 Å². The molecule has 2 fully saturated rings. The van der Waals surface area contributed by atoms with Crippen molar-refractivity contribution in [2.75, 3.05) is 5.06 Å². The van der Waals surface area contributed by atoms with E-state index in [1.54, 1.807) is 5.06 Å². The number of carbonyl (C=O) groups is 2. The molecule has 34 heavy (non-hydrogen) atoms. The lowest BCUT2D eigenvalue weighted by Gasteiger charge is -2.29. The Labute approximate surface area is 201 Å². The Kier molecular flexibility index (Phi) is 5.05. The highest BCUT2D eigenvalue weighted by Crippen LogP contribution is 2.48. The van der Waals surface area contributed by atoms with Crippen molar-refractivity contribution in [2.24, 2.45) is 5.92 Å². The molecule has 3 aromatic carbocycles. The van der Waals surface area contributed by atoms with Gasteiger partial charge in [0.15, 0.2) is 6.10 Å². The number of imide groups is 1. The normalized spacial score (nSPS) is 22.0. The molecule has 168 valence electrons. The molecule has 3 atom stereocenters. The zero-order valence-corrected chi connectivity index (χ0v) is 18.8. The molecule has 7 heteroatoms. The Balaban J connectivity index is 1.45. The molecule has 0 saturated carbocycles. The van der Waals surface area contributed by atoms with Crippen molar-refractivity contribution < 1.29 is 14.4 Å². The third-order valence-electron chi connectivity index (χ3n) is 6.42. The van der Waals surface area contributed by atoms with Crippen molar-refractivity contribution in [3.63, 3.8) is 0 Å². The molecule has 2 aliphatic rings. The van der Waals surface area contributed by atoms with Crippen LogP contribution >= 0.6 is 11.6 Å². The second-order valence-electron chi connectivity index (χ2n) is 8.47. The molecule has 1 aromatic heterocycles. The van der Waals surface area contributed by atoms with Crippen molar-refractivity contribution >= 4 is 40.0 Å². The van der Waals surface area contributed by atoms with Gasteiger partial charge >= 0.3 is 0 Å². The van der Waals surface area contributed by atoms with Crippen molar-refractivity contribution in [1.82, 2.24) is 9.88 Å². The average molecular weight is 470 g/mol. The zero-order chi connectivity index (χ0) is 23.2. The van der Waals surface area contributed by atoms with Gasteiger partial charge in [0.25, 0.3) is 5.91 Å². The van der Waals surface area contributed by atoms with Gasteiger partial charge in [-0.25, -0.2) is 10.0 Å². The Morgan fingerprint density at radius 2 is 1.53 bits per heavy atom. The lowest BCUT2D eigenvalue weighted by Crippen LogP contribution is -2.37. The van der Waals surface area contributed by atoms with Crippen LogP contribution in [-0.4, -0.2) is 27.8 Å². The number of hydroxylamine groups is 1. The minimum absolute atomic E-state index is 0.205. The number of anilines is 1. The van der Waals surface area contributed by atoms with Crippen LogP contribution in [0.2, 0.25) is 5.15 Å². The first kappa shape index (κ1) is 20.8. The molecule has 0 aliphatic carbocycles. The maximum atomic E-state index is 13.7. The van der Waals surface area contributed by atoms with Gasteiger partial charge in [0, 0.05) is 10.9 Å². The van der Waals surface area contributed by atoms with Crippen LogP contribution in [0.5, 0.6) is 0 Å². The lowest BCUT2D eigenvalue weighted by atomic mass is 9.90. The average Bonchev–Trinajstić information content (AvgIpc) is 3.37. The molecular weight excluding hydrogens is 450 g/mol. The Hall–Kier alpha value is -3.74. The number of fused-ring (bicyclic) bond motifs is 2. The summed E-state index contributed by atoms with van der Waals surface area (Å²) in [5.41, 5.74) is 3.03. The minimum Gasteiger partial charge on any atom is -0.275 e. The van der Waals surface area contributed by atoms with E-state index in [0.29, 0.717) is 5.56 Å². The van der Waals surface area contributed by atoms with Crippen LogP contribution in [0.15, 0.2) is 91.0 Å². The highest BCUT2D eigenvalue weighted by Gasteiger charge is 2.60. The van der Waals surface area contributed by atoms with Gasteiger partial charge in [0.1, 0.15) is 11.1 Å². The van der Waals surface area contributed by atoms with Crippen LogP contribution in [0.25, 0.3) is 10.9 Å². The molecule has 0 radical (unpaired) electrons. The molecule has 0 unspecified atom stereocenters. The van der Waals surface area contributed by atoms with E-state index in [2.05, 4.69) is 4.98 Å². The summed E-state index contributed by atoms with van der Waals surface area (Å²) in [6, 6.07) is 27.9. The van der Waals surface area contributed by atoms with Gasteiger partial charge in [-0.05, 0) is 29.8 Å². The quantitative estimate of drug-likeness (QED) is 0.313. The fourth-order valence-electron chi connectivity index (χ4n) is 4.82. The van der Waals surface area contributed by atoms with E-state index in [9.17, 15) is 9.59 Å². The van der Waals surface area contributed by atoms with E-state index in [0.717, 1.165) is 22.2 Å². The van der Waals surface area contributed by atoms with Crippen molar-refractivity contribution in [3.05, 3.63) is 107 Å². The van der Waals surface area contributed by atoms with Gasteiger partial charge < -0.3 is 0 Å². The number of rotatable bonds is 4. The third-order valence-corrected chi connectivity index (χ3v) is 6.73. The van der Waals surface area contributed by atoms with E-state index in [-0.39, 0.29) is 23.5 Å². The van der Waals surface area contributed by atoms with E-state index in [1.807, 2.05) is 91.0 Å². The molecule has 0 N–H and O–H groups in total. The van der Waals surface area contributed by atoms with Crippen LogP contribution in [0.3, 0.4) is 0 Å². The number of para-hydroxylation sites is 2. The van der Waals surface area contributed by atoms with Gasteiger partial charge in [0.2, 0.25) is 5.91 Å². The second-order valence-corrected chi connectivity index (χ2v) is 8.83. The zero-order valence-electron chi connectivity index (χ0n) is 18.0. The predicted molar refractivity (Wildman–Crippen MR) is 129 cm³/mol. The summed E-state index contributed by atoms with van der Waals surface area (Å²) in [5, 5.41) is 2.83. The van der Waals surface area contributed by atoms with Crippen molar-refractivity contribution in [1.29, 1.82) is 0 Å². The minimum atomic E-state index is -0.927. The molecule has 2 saturated heterocycles. The maximum absolute atomic E-state index is 13.7. The second kappa shape index (κ2) is 8.24. The number of pyridine rings is 1. The summed E-state index contributed by atoms with van der Waals surface area (Å²) in [6.07, 6.45) is -0.927. The number of benzene rings is 3. The number of halogens is 1. The van der Waals surface area contributed by atoms with Crippen LogP contribution in [0.4, 0.5) is 5.69 Å². The number of likely N-dealkylation sites (tertiary alicyclic amines) is 1. The van der Waals surface area contributed by atoms with E-state index >= 15 is 0 Å². The SMILES string of the molecule is O=C1[C@H]2[C@@H](ON(c3ccccc3)[C@H]2c2cc3ccccc3nc2Cl)C(=O)N1Cc1ccccc1. The molecule has 6 rings (SSSR count). The molecule has 2 amide bonds. The van der Waals surface area contributed by atoms with Gasteiger partial charge in [-0.3, -0.25) is 19.3 Å². The molecule has 0 bridgehead atoms. The van der Waals surface area contributed by atoms with Crippen LogP contribution in [0, 0.1) is 5.92 Å². The van der Waals surface area contributed by atoms with Crippen LogP contribution in [0.1, 0.15) is 17.2 Å². The van der Waals surface area contributed by atoms with Crippen molar-refractivity contribution in [3.8, 4) is 0 Å². The molecular formula is C27H20ClN3O3. The van der Waals surface area contributed by atoms with E-state index < -0.39 is 18.1 Å². The monoisotopic (exact) mass is 469 g/mol. The maximum Gasteiger partial charge on any atom is 0.262 e. The van der Waals surface area contributed by atoms with Gasteiger partial charge in [-0.1, -0.05) is 78.3 Å². The number of carbonyl (C=O) groups excluding carboxylic acids is 2. The largest absolute Gasteiger partial charge is 0.275 e. The number of hydrogen-bond acceptors (Lipinski definition) is 5. The Morgan fingerprint density at radius 3 is 2.29 bits per heavy atom. The molecule has 4 aromatic rings. The van der Waals surface area contributed by atoms with E-state index in [1.165, 1.54) is 4.90 Å². The standard InChI is InChI=1S/C27H20ClN3O3/c28-25-20(15-18-11-7-8-14-21(18)29-25)23-22-24(34-31(23)19-12-5-2-6-13-19)27(33)30(26(22)32)16-17-9-3-1-4-10-17/h1-15,22-24H,16H2/t22-,23+,24-/m1/s1. The first-order valence-electron chi connectivity index (χ1n) is 11.1. The van der Waals surface area contributed by atoms with E-state index in [4.69, 9.17) is 16.4 Å². The number of aromatic nitrogens is 1. The Morgan fingerprint density at radius 1 is 0.853 bits per heavy atom. The van der Waals surface area contributed by atoms with Gasteiger partial charge in [0.05, 0.1) is 23.8 Å². The molecule has 0 spiro atoms. The Bertz CT molecular complexity index is 1400. The summed E-state index contributed by atoms with van der Waals surface area (Å²) in [6.45, 7) is 0.205. The first-order valence-corrected chi connectivity index (χ1v) is 11.4. The van der Waals surface area contributed by atoms with Crippen molar-refractivity contribution in [2.45, 2.75) is 18.7 Å². The smallest absolute Gasteiger partial charge is 0.262 e. The number of amides is 2. The fraction of sp³-hybridized carbons (Fsp3) is 0.148. The fourth-order valence-corrected chi connectivity index (χ4v) is 5.08. The lowest BCUT2D eigenvalue weighted by molar-refractivity contribution is -0.143. The summed E-state index contributed by atoms with van der Waals surface area (Å²) in [7, 11) is 0. The molecule has 2 aliphatic heterocycles. The summed E-state index contributed by atoms with van der Waals surface area (Å²) < 4.78 is 0. The summed E-state index contributed by atoms with van der Waals surface area (Å²) in [5.74, 6) is -1.35. The van der Waals surface area contributed by atoms with Gasteiger partial charge in [-0.2, -0.15) is 0 Å².